The minimum Gasteiger partial charge on any atom is -0.497 e. The molecular formula is C15H13BrCl2O2. The molecule has 0 spiro atoms. The SMILES string of the molecule is COc1ccc(Br)c(CC(O)c2cccc(Cl)c2Cl)c1. The second-order valence-corrected chi connectivity index (χ2v) is 5.96. The number of hydrogen-bond acceptors (Lipinski definition) is 2. The molecule has 5 heteroatoms. The summed E-state index contributed by atoms with van der Waals surface area (Å²) in [5.41, 5.74) is 1.56. The third kappa shape index (κ3) is 3.47. The predicted molar refractivity (Wildman–Crippen MR) is 85.8 cm³/mol. The van der Waals surface area contributed by atoms with E-state index in [1.807, 2.05) is 18.2 Å². The first-order chi connectivity index (χ1) is 9.52. The number of ether oxygens (including phenoxy) is 1. The number of benzene rings is 2. The molecule has 2 aromatic carbocycles. The van der Waals surface area contributed by atoms with E-state index in [2.05, 4.69) is 15.9 Å². The number of rotatable bonds is 4. The van der Waals surface area contributed by atoms with Gasteiger partial charge in [-0.25, -0.2) is 0 Å². The first kappa shape index (κ1) is 15.6. The summed E-state index contributed by atoms with van der Waals surface area (Å²) in [6, 6.07) is 10.9. The van der Waals surface area contributed by atoms with Crippen LogP contribution < -0.4 is 4.74 Å². The van der Waals surface area contributed by atoms with Crippen LogP contribution in [0.5, 0.6) is 5.75 Å². The Balaban J connectivity index is 2.27. The van der Waals surface area contributed by atoms with Gasteiger partial charge in [0.2, 0.25) is 0 Å². The van der Waals surface area contributed by atoms with Gasteiger partial charge in [-0.05, 0) is 29.8 Å². The number of aliphatic hydroxyl groups is 1. The van der Waals surface area contributed by atoms with Gasteiger partial charge in [0, 0.05) is 16.5 Å². The van der Waals surface area contributed by atoms with E-state index in [0.29, 0.717) is 22.0 Å². The van der Waals surface area contributed by atoms with Gasteiger partial charge in [0.05, 0.1) is 23.3 Å². The molecule has 0 fully saturated rings. The summed E-state index contributed by atoms with van der Waals surface area (Å²) in [4.78, 5) is 0. The van der Waals surface area contributed by atoms with Crippen molar-refractivity contribution in [2.45, 2.75) is 12.5 Å². The van der Waals surface area contributed by atoms with Crippen LogP contribution in [0.25, 0.3) is 0 Å². The van der Waals surface area contributed by atoms with Crippen molar-refractivity contribution < 1.29 is 9.84 Å². The van der Waals surface area contributed by atoms with Crippen LogP contribution >= 0.6 is 39.1 Å². The van der Waals surface area contributed by atoms with Crippen LogP contribution in [0.4, 0.5) is 0 Å². The smallest absolute Gasteiger partial charge is 0.119 e. The minimum absolute atomic E-state index is 0.390. The normalized spacial score (nSPS) is 12.2. The third-order valence-electron chi connectivity index (χ3n) is 3.01. The van der Waals surface area contributed by atoms with Crippen molar-refractivity contribution in [3.63, 3.8) is 0 Å². The van der Waals surface area contributed by atoms with Crippen LogP contribution in [0.1, 0.15) is 17.2 Å². The molecule has 1 atom stereocenters. The van der Waals surface area contributed by atoms with Crippen molar-refractivity contribution in [2.24, 2.45) is 0 Å². The molecule has 0 aromatic heterocycles. The Kier molecular flexibility index (Phi) is 5.33. The first-order valence-electron chi connectivity index (χ1n) is 5.97. The van der Waals surface area contributed by atoms with E-state index < -0.39 is 6.10 Å². The number of halogens is 3. The van der Waals surface area contributed by atoms with E-state index in [1.54, 1.807) is 25.3 Å². The molecule has 1 N–H and O–H groups in total. The average molecular weight is 376 g/mol. The van der Waals surface area contributed by atoms with Gasteiger partial charge in [-0.1, -0.05) is 51.3 Å². The summed E-state index contributed by atoms with van der Waals surface area (Å²) in [5, 5.41) is 11.2. The van der Waals surface area contributed by atoms with E-state index in [1.165, 1.54) is 0 Å². The first-order valence-corrected chi connectivity index (χ1v) is 7.52. The lowest BCUT2D eigenvalue weighted by Crippen LogP contribution is -2.03. The fraction of sp³-hybridized carbons (Fsp3) is 0.200. The van der Waals surface area contributed by atoms with Crippen molar-refractivity contribution in [2.75, 3.05) is 7.11 Å². The van der Waals surface area contributed by atoms with E-state index in [-0.39, 0.29) is 0 Å². The van der Waals surface area contributed by atoms with E-state index in [9.17, 15) is 5.11 Å². The zero-order valence-electron chi connectivity index (χ0n) is 10.7. The Hall–Kier alpha value is -0.740. The molecule has 0 aliphatic rings. The summed E-state index contributed by atoms with van der Waals surface area (Å²) in [6.07, 6.45) is -0.317. The second kappa shape index (κ2) is 6.81. The quantitative estimate of drug-likeness (QED) is 0.810. The van der Waals surface area contributed by atoms with Gasteiger partial charge in [0.25, 0.3) is 0 Å². The monoisotopic (exact) mass is 374 g/mol. The van der Waals surface area contributed by atoms with Crippen molar-refractivity contribution in [3.8, 4) is 5.75 Å². The van der Waals surface area contributed by atoms with Crippen LogP contribution in [-0.2, 0) is 6.42 Å². The maximum Gasteiger partial charge on any atom is 0.119 e. The molecule has 0 aliphatic heterocycles. The Morgan fingerprint density at radius 1 is 1.25 bits per heavy atom. The van der Waals surface area contributed by atoms with Crippen molar-refractivity contribution in [1.82, 2.24) is 0 Å². The Bertz CT molecular complexity index is 617. The zero-order chi connectivity index (χ0) is 14.7. The fourth-order valence-electron chi connectivity index (χ4n) is 1.93. The molecule has 0 aliphatic carbocycles. The number of aliphatic hydroxyl groups excluding tert-OH is 1. The molecule has 0 bridgehead atoms. The molecule has 20 heavy (non-hydrogen) atoms. The number of hydrogen-bond donors (Lipinski definition) is 1. The van der Waals surface area contributed by atoms with Gasteiger partial charge in [-0.15, -0.1) is 0 Å². The molecule has 2 nitrogen and oxygen atoms in total. The Morgan fingerprint density at radius 3 is 2.70 bits per heavy atom. The standard InChI is InChI=1S/C15H13BrCl2O2/c1-20-10-5-6-12(16)9(7-10)8-14(19)11-3-2-4-13(17)15(11)18/h2-7,14,19H,8H2,1H3. The highest BCUT2D eigenvalue weighted by atomic mass is 79.9. The molecule has 0 amide bonds. The highest BCUT2D eigenvalue weighted by Crippen LogP contribution is 2.33. The summed E-state index contributed by atoms with van der Waals surface area (Å²) in [6.45, 7) is 0. The van der Waals surface area contributed by atoms with Gasteiger partial charge in [0.1, 0.15) is 5.75 Å². The highest BCUT2D eigenvalue weighted by molar-refractivity contribution is 9.10. The van der Waals surface area contributed by atoms with Crippen LogP contribution in [0.2, 0.25) is 10.0 Å². The topological polar surface area (TPSA) is 29.5 Å². The lowest BCUT2D eigenvalue weighted by Gasteiger charge is -2.15. The molecule has 0 saturated heterocycles. The van der Waals surface area contributed by atoms with Gasteiger partial charge in [-0.3, -0.25) is 0 Å². The zero-order valence-corrected chi connectivity index (χ0v) is 13.8. The highest BCUT2D eigenvalue weighted by Gasteiger charge is 2.16. The third-order valence-corrected chi connectivity index (χ3v) is 4.61. The average Bonchev–Trinajstić information content (AvgIpc) is 2.44. The summed E-state index contributed by atoms with van der Waals surface area (Å²) in [7, 11) is 1.61. The Labute approximate surface area is 136 Å². The van der Waals surface area contributed by atoms with Crippen LogP contribution in [0.3, 0.4) is 0 Å². The van der Waals surface area contributed by atoms with Gasteiger partial charge < -0.3 is 9.84 Å². The number of methoxy groups -OCH3 is 1. The van der Waals surface area contributed by atoms with E-state index in [0.717, 1.165) is 15.8 Å². The van der Waals surface area contributed by atoms with Crippen molar-refractivity contribution in [3.05, 3.63) is 62.0 Å². The maximum atomic E-state index is 10.4. The molecule has 0 heterocycles. The van der Waals surface area contributed by atoms with Crippen molar-refractivity contribution in [1.29, 1.82) is 0 Å². The summed E-state index contributed by atoms with van der Waals surface area (Å²) in [5.74, 6) is 0.743. The van der Waals surface area contributed by atoms with E-state index >= 15 is 0 Å². The lowest BCUT2D eigenvalue weighted by molar-refractivity contribution is 0.178. The molecule has 106 valence electrons. The predicted octanol–water partition coefficient (Wildman–Crippen LogP) is 5.04. The lowest BCUT2D eigenvalue weighted by atomic mass is 10.0. The second-order valence-electron chi connectivity index (χ2n) is 4.32. The Morgan fingerprint density at radius 2 is 2.00 bits per heavy atom. The molecule has 2 rings (SSSR count). The van der Waals surface area contributed by atoms with Crippen LogP contribution in [0, 0.1) is 0 Å². The minimum atomic E-state index is -0.732. The maximum absolute atomic E-state index is 10.4. The molecule has 2 aromatic rings. The molecule has 1 unspecified atom stereocenters. The summed E-state index contributed by atoms with van der Waals surface area (Å²) >= 11 is 15.6. The van der Waals surface area contributed by atoms with Gasteiger partial charge in [0.15, 0.2) is 0 Å². The molecular weight excluding hydrogens is 363 g/mol. The summed E-state index contributed by atoms with van der Waals surface area (Å²) < 4.78 is 6.10. The van der Waals surface area contributed by atoms with E-state index in [4.69, 9.17) is 27.9 Å². The van der Waals surface area contributed by atoms with Crippen LogP contribution in [0.15, 0.2) is 40.9 Å². The van der Waals surface area contributed by atoms with Crippen LogP contribution in [-0.4, -0.2) is 12.2 Å². The largest absolute Gasteiger partial charge is 0.497 e. The van der Waals surface area contributed by atoms with Gasteiger partial charge in [-0.2, -0.15) is 0 Å². The van der Waals surface area contributed by atoms with Gasteiger partial charge >= 0.3 is 0 Å². The fourth-order valence-corrected chi connectivity index (χ4v) is 2.77. The molecule has 0 radical (unpaired) electrons. The van der Waals surface area contributed by atoms with Crippen molar-refractivity contribution >= 4 is 39.1 Å². The molecule has 0 saturated carbocycles.